The molecule has 1 fully saturated rings. The van der Waals surface area contributed by atoms with Crippen LogP contribution in [0.1, 0.15) is 23.7 Å². The Morgan fingerprint density at radius 1 is 1.33 bits per heavy atom. The summed E-state index contributed by atoms with van der Waals surface area (Å²) in [4.78, 5) is 30.3. The van der Waals surface area contributed by atoms with Gasteiger partial charge in [0.1, 0.15) is 5.54 Å². The Morgan fingerprint density at radius 2 is 2.12 bits per heavy atom. The number of carbonyl (C=O) groups is 2. The fraction of sp³-hybridized carbons (Fsp3) is 0.176. The van der Waals surface area contributed by atoms with Crippen LogP contribution in [0.4, 0.5) is 4.79 Å². The second-order valence-electron chi connectivity index (χ2n) is 5.61. The van der Waals surface area contributed by atoms with Crippen molar-refractivity contribution in [1.82, 2.24) is 15.2 Å². The van der Waals surface area contributed by atoms with E-state index in [2.05, 4.69) is 10.3 Å². The first-order chi connectivity index (χ1) is 11.4. The lowest BCUT2D eigenvalue weighted by Gasteiger charge is -2.22. The van der Waals surface area contributed by atoms with Gasteiger partial charge in [-0.15, -0.1) is 0 Å². The van der Waals surface area contributed by atoms with Crippen molar-refractivity contribution in [3.63, 3.8) is 0 Å². The molecule has 1 N–H and O–H groups in total. The largest absolute Gasteiger partial charge is 0.325 e. The second-order valence-corrected chi connectivity index (χ2v) is 6.04. The number of nitrogens with zero attached hydrogens (tertiary/aromatic N) is 3. The summed E-state index contributed by atoms with van der Waals surface area (Å²) in [5.41, 5.74) is 0.328. The van der Waals surface area contributed by atoms with Gasteiger partial charge in [0, 0.05) is 6.20 Å². The molecule has 120 valence electrons. The Balaban J connectivity index is 1.90. The molecule has 24 heavy (non-hydrogen) atoms. The Morgan fingerprint density at radius 3 is 2.79 bits per heavy atom. The topological polar surface area (TPSA) is 86.1 Å². The molecule has 3 amide bonds. The van der Waals surface area contributed by atoms with E-state index in [-0.39, 0.29) is 12.5 Å². The van der Waals surface area contributed by atoms with Crippen LogP contribution in [0.15, 0.2) is 42.6 Å². The fourth-order valence-electron chi connectivity index (χ4n) is 2.60. The molecular formula is C17H13ClN4O2. The molecule has 1 atom stereocenters. The van der Waals surface area contributed by atoms with Crippen molar-refractivity contribution in [2.24, 2.45) is 0 Å². The highest BCUT2D eigenvalue weighted by Crippen LogP contribution is 2.30. The molecule has 1 aliphatic rings. The van der Waals surface area contributed by atoms with Crippen LogP contribution in [-0.2, 0) is 16.9 Å². The minimum Gasteiger partial charge on any atom is -0.319 e. The van der Waals surface area contributed by atoms with E-state index >= 15 is 0 Å². The van der Waals surface area contributed by atoms with Crippen molar-refractivity contribution in [2.45, 2.75) is 19.0 Å². The number of urea groups is 1. The summed E-state index contributed by atoms with van der Waals surface area (Å²) in [6, 6.07) is 11.5. The van der Waals surface area contributed by atoms with Crippen LogP contribution in [0.3, 0.4) is 0 Å². The average Bonchev–Trinajstić information content (AvgIpc) is 2.81. The third-order valence-electron chi connectivity index (χ3n) is 3.95. The minimum atomic E-state index is -1.21. The highest BCUT2D eigenvalue weighted by molar-refractivity contribution is 6.30. The molecule has 7 heteroatoms. The zero-order valence-corrected chi connectivity index (χ0v) is 13.5. The van der Waals surface area contributed by atoms with Crippen molar-refractivity contribution in [3.8, 4) is 6.07 Å². The number of rotatable bonds is 3. The van der Waals surface area contributed by atoms with Crippen LogP contribution in [0, 0.1) is 11.3 Å². The smallest absolute Gasteiger partial charge is 0.319 e. The maximum absolute atomic E-state index is 12.8. The molecule has 0 radical (unpaired) electrons. The quantitative estimate of drug-likeness (QED) is 0.870. The summed E-state index contributed by atoms with van der Waals surface area (Å²) in [6.45, 7) is 1.67. The summed E-state index contributed by atoms with van der Waals surface area (Å²) in [7, 11) is 0. The number of imide groups is 1. The lowest BCUT2D eigenvalue weighted by Crippen LogP contribution is -2.40. The van der Waals surface area contributed by atoms with Crippen LogP contribution >= 0.6 is 11.6 Å². The maximum Gasteiger partial charge on any atom is 0.325 e. The Labute approximate surface area is 143 Å². The zero-order chi connectivity index (χ0) is 17.3. The predicted molar refractivity (Wildman–Crippen MR) is 86.8 cm³/mol. The van der Waals surface area contributed by atoms with Crippen molar-refractivity contribution in [2.75, 3.05) is 0 Å². The third kappa shape index (κ3) is 2.70. The molecule has 1 aromatic heterocycles. The molecule has 3 rings (SSSR count). The maximum atomic E-state index is 12.8. The van der Waals surface area contributed by atoms with Gasteiger partial charge in [0.2, 0.25) is 0 Å². The summed E-state index contributed by atoms with van der Waals surface area (Å²) in [6.07, 6.45) is 1.46. The summed E-state index contributed by atoms with van der Waals surface area (Å²) < 4.78 is 0. The third-order valence-corrected chi connectivity index (χ3v) is 4.18. The molecule has 1 aliphatic heterocycles. The van der Waals surface area contributed by atoms with Crippen LogP contribution in [0.2, 0.25) is 5.02 Å². The number of hydrogen-bond acceptors (Lipinski definition) is 4. The SMILES string of the molecule is CC1(c2cccc(C#N)c2)NC(=O)N(Cc2ccc(Cl)cn2)C1=O. The molecule has 1 unspecified atom stereocenters. The van der Waals surface area contributed by atoms with Gasteiger partial charge in [-0.05, 0) is 36.8 Å². The number of aromatic nitrogens is 1. The molecule has 2 heterocycles. The molecular weight excluding hydrogens is 328 g/mol. The molecule has 1 saturated heterocycles. The number of pyridine rings is 1. The van der Waals surface area contributed by atoms with Gasteiger partial charge < -0.3 is 5.32 Å². The first-order valence-corrected chi connectivity index (χ1v) is 7.57. The highest BCUT2D eigenvalue weighted by Gasteiger charge is 2.49. The Bertz CT molecular complexity index is 860. The Hall–Kier alpha value is -2.91. The van der Waals surface area contributed by atoms with Crippen molar-refractivity contribution in [3.05, 3.63) is 64.4 Å². The number of nitrogens with one attached hydrogen (secondary N) is 1. The van der Waals surface area contributed by atoms with Crippen LogP contribution in [-0.4, -0.2) is 21.8 Å². The molecule has 0 saturated carbocycles. The molecule has 0 spiro atoms. The van der Waals surface area contributed by atoms with Gasteiger partial charge in [-0.3, -0.25) is 14.7 Å². The summed E-state index contributed by atoms with van der Waals surface area (Å²) in [5.74, 6) is -0.390. The van der Waals surface area contributed by atoms with E-state index in [9.17, 15) is 9.59 Å². The van der Waals surface area contributed by atoms with Gasteiger partial charge >= 0.3 is 6.03 Å². The van der Waals surface area contributed by atoms with E-state index in [0.29, 0.717) is 21.8 Å². The van der Waals surface area contributed by atoms with Gasteiger partial charge in [-0.1, -0.05) is 23.7 Å². The van der Waals surface area contributed by atoms with Gasteiger partial charge in [-0.2, -0.15) is 5.26 Å². The fourth-order valence-corrected chi connectivity index (χ4v) is 2.71. The number of hydrogen-bond donors (Lipinski definition) is 1. The van der Waals surface area contributed by atoms with Gasteiger partial charge in [0.15, 0.2) is 0 Å². The van der Waals surface area contributed by atoms with Crippen molar-refractivity contribution < 1.29 is 9.59 Å². The van der Waals surface area contributed by atoms with Crippen LogP contribution in [0.25, 0.3) is 0 Å². The molecule has 6 nitrogen and oxygen atoms in total. The number of amides is 3. The van der Waals surface area contributed by atoms with Crippen LogP contribution < -0.4 is 5.32 Å². The van der Waals surface area contributed by atoms with E-state index in [4.69, 9.17) is 16.9 Å². The van der Waals surface area contributed by atoms with E-state index in [1.54, 1.807) is 43.3 Å². The van der Waals surface area contributed by atoms with Crippen LogP contribution in [0.5, 0.6) is 0 Å². The first kappa shape index (κ1) is 16.0. The molecule has 1 aromatic carbocycles. The van der Waals surface area contributed by atoms with E-state index in [1.807, 2.05) is 6.07 Å². The molecule has 0 aliphatic carbocycles. The zero-order valence-electron chi connectivity index (χ0n) is 12.8. The van der Waals surface area contributed by atoms with Crippen molar-refractivity contribution >= 4 is 23.5 Å². The monoisotopic (exact) mass is 340 g/mol. The number of carbonyl (C=O) groups excluding carboxylic acids is 2. The van der Waals surface area contributed by atoms with E-state index in [0.717, 1.165) is 4.90 Å². The lowest BCUT2D eigenvalue weighted by molar-refractivity contribution is -0.131. The highest BCUT2D eigenvalue weighted by atomic mass is 35.5. The molecule has 2 aromatic rings. The van der Waals surface area contributed by atoms with Gasteiger partial charge in [0.25, 0.3) is 5.91 Å². The average molecular weight is 341 g/mol. The number of halogens is 1. The van der Waals surface area contributed by atoms with Gasteiger partial charge in [-0.25, -0.2) is 4.79 Å². The van der Waals surface area contributed by atoms with Gasteiger partial charge in [0.05, 0.1) is 28.9 Å². The second kappa shape index (κ2) is 5.95. The lowest BCUT2D eigenvalue weighted by atomic mass is 9.91. The summed E-state index contributed by atoms with van der Waals surface area (Å²) in [5, 5.41) is 12.2. The van der Waals surface area contributed by atoms with E-state index in [1.165, 1.54) is 6.20 Å². The normalized spacial score (nSPS) is 20.0. The Kier molecular flexibility index (Phi) is 3.96. The standard InChI is InChI=1S/C17H13ClN4O2/c1-17(12-4-2-3-11(7-12)8-19)15(23)22(16(24)21-17)10-14-6-5-13(18)9-20-14/h2-7,9H,10H2,1H3,(H,21,24). The minimum absolute atomic E-state index is 0.0510. The number of benzene rings is 1. The van der Waals surface area contributed by atoms with E-state index < -0.39 is 11.6 Å². The first-order valence-electron chi connectivity index (χ1n) is 7.19. The van der Waals surface area contributed by atoms with Crippen molar-refractivity contribution in [1.29, 1.82) is 5.26 Å². The summed E-state index contributed by atoms with van der Waals surface area (Å²) >= 11 is 5.79. The predicted octanol–water partition coefficient (Wildman–Crippen LogP) is 2.57. The molecule has 0 bridgehead atoms. The number of nitriles is 1.